The van der Waals surface area contributed by atoms with Gasteiger partial charge in [0, 0.05) is 24.9 Å². The number of fused-ring (bicyclic) bond motifs is 1. The van der Waals surface area contributed by atoms with E-state index in [1.54, 1.807) is 12.1 Å². The number of hydrogen-bond donors (Lipinski definition) is 0. The maximum atomic E-state index is 13.9. The molecule has 21 heavy (non-hydrogen) atoms. The second kappa shape index (κ2) is 5.54. The standard InChI is InChI=1S/C16H19BrClFN2/c1-10(2)16(4-5-16)9-21-14-8-12(19)11(17)7-13(14)20-15(21)3-6-18/h7-8,10H,3-6,9H2,1-2H3. The van der Waals surface area contributed by atoms with E-state index in [-0.39, 0.29) is 5.82 Å². The Labute approximate surface area is 137 Å². The van der Waals surface area contributed by atoms with Crippen molar-refractivity contribution in [2.24, 2.45) is 11.3 Å². The summed E-state index contributed by atoms with van der Waals surface area (Å²) in [6.45, 7) is 5.45. The zero-order valence-corrected chi connectivity index (χ0v) is 14.6. The van der Waals surface area contributed by atoms with Crippen LogP contribution in [0, 0.1) is 17.2 Å². The van der Waals surface area contributed by atoms with Crippen molar-refractivity contribution in [2.75, 3.05) is 5.88 Å². The van der Waals surface area contributed by atoms with Crippen LogP contribution >= 0.6 is 27.5 Å². The van der Waals surface area contributed by atoms with Crippen molar-refractivity contribution in [1.82, 2.24) is 9.55 Å². The topological polar surface area (TPSA) is 17.8 Å². The van der Waals surface area contributed by atoms with Gasteiger partial charge < -0.3 is 4.57 Å². The lowest BCUT2D eigenvalue weighted by Crippen LogP contribution is -2.19. The zero-order valence-electron chi connectivity index (χ0n) is 12.3. The van der Waals surface area contributed by atoms with Crippen LogP contribution in [-0.4, -0.2) is 15.4 Å². The Morgan fingerprint density at radius 1 is 1.43 bits per heavy atom. The molecule has 1 aromatic carbocycles. The number of aryl methyl sites for hydroxylation is 1. The Hall–Kier alpha value is -0.610. The van der Waals surface area contributed by atoms with E-state index in [9.17, 15) is 4.39 Å². The fourth-order valence-corrected chi connectivity index (χ4v) is 3.52. The molecule has 0 atom stereocenters. The van der Waals surface area contributed by atoms with Crippen LogP contribution in [0.1, 0.15) is 32.5 Å². The molecule has 5 heteroatoms. The van der Waals surface area contributed by atoms with Gasteiger partial charge in [-0.15, -0.1) is 11.6 Å². The second-order valence-corrected chi connectivity index (χ2v) is 7.56. The molecule has 0 amide bonds. The summed E-state index contributed by atoms with van der Waals surface area (Å²) in [6, 6.07) is 3.34. The molecule has 1 aliphatic rings. The third kappa shape index (κ3) is 2.72. The Morgan fingerprint density at radius 2 is 2.14 bits per heavy atom. The number of imidazole rings is 1. The van der Waals surface area contributed by atoms with Crippen LogP contribution in [0.4, 0.5) is 4.39 Å². The van der Waals surface area contributed by atoms with Crippen molar-refractivity contribution in [3.05, 3.63) is 28.2 Å². The van der Waals surface area contributed by atoms with Gasteiger partial charge in [-0.05, 0) is 46.2 Å². The Bertz CT molecular complexity index is 676. The lowest BCUT2D eigenvalue weighted by atomic mass is 9.92. The van der Waals surface area contributed by atoms with Crippen LogP contribution in [0.2, 0.25) is 0 Å². The van der Waals surface area contributed by atoms with Crippen molar-refractivity contribution >= 4 is 38.6 Å². The molecule has 1 fully saturated rings. The van der Waals surface area contributed by atoms with Crippen molar-refractivity contribution in [2.45, 2.75) is 39.7 Å². The minimum atomic E-state index is -0.240. The van der Waals surface area contributed by atoms with Crippen LogP contribution in [0.3, 0.4) is 0 Å². The molecule has 0 aliphatic heterocycles. The van der Waals surface area contributed by atoms with Crippen molar-refractivity contribution < 1.29 is 4.39 Å². The number of hydrogen-bond acceptors (Lipinski definition) is 1. The second-order valence-electron chi connectivity index (χ2n) is 6.33. The molecule has 2 aromatic rings. The molecule has 2 nitrogen and oxygen atoms in total. The highest BCUT2D eigenvalue weighted by Crippen LogP contribution is 2.53. The number of benzene rings is 1. The van der Waals surface area contributed by atoms with Crippen LogP contribution in [-0.2, 0) is 13.0 Å². The van der Waals surface area contributed by atoms with E-state index < -0.39 is 0 Å². The lowest BCUT2D eigenvalue weighted by Gasteiger charge is -2.22. The van der Waals surface area contributed by atoms with E-state index in [0.29, 0.717) is 28.1 Å². The molecule has 0 radical (unpaired) electrons. The largest absolute Gasteiger partial charge is 0.327 e. The molecule has 1 heterocycles. The maximum Gasteiger partial charge on any atom is 0.139 e. The van der Waals surface area contributed by atoms with Crippen LogP contribution in [0.15, 0.2) is 16.6 Å². The minimum Gasteiger partial charge on any atom is -0.327 e. The predicted molar refractivity (Wildman–Crippen MR) is 88.3 cm³/mol. The first-order valence-electron chi connectivity index (χ1n) is 7.37. The third-order valence-corrected chi connectivity index (χ3v) is 5.57. The molecule has 3 rings (SSSR count). The summed E-state index contributed by atoms with van der Waals surface area (Å²) in [7, 11) is 0. The minimum absolute atomic E-state index is 0.240. The SMILES string of the molecule is CC(C)C1(Cn2c(CCCl)nc3cc(Br)c(F)cc32)CC1. The summed E-state index contributed by atoms with van der Waals surface area (Å²) in [5.74, 6) is 1.88. The summed E-state index contributed by atoms with van der Waals surface area (Å²) < 4.78 is 16.6. The average Bonchev–Trinajstić information content (AvgIpc) is 3.14. The van der Waals surface area contributed by atoms with Crippen LogP contribution < -0.4 is 0 Å². The van der Waals surface area contributed by atoms with Gasteiger partial charge in [-0.1, -0.05) is 13.8 Å². The third-order valence-electron chi connectivity index (χ3n) is 4.78. The Balaban J connectivity index is 2.09. The van der Waals surface area contributed by atoms with Crippen LogP contribution in [0.5, 0.6) is 0 Å². The molecule has 0 N–H and O–H groups in total. The lowest BCUT2D eigenvalue weighted by molar-refractivity contribution is 0.309. The van der Waals surface area contributed by atoms with E-state index in [0.717, 1.165) is 23.4 Å². The van der Waals surface area contributed by atoms with E-state index in [1.165, 1.54) is 12.8 Å². The molecule has 1 aromatic heterocycles. The number of rotatable bonds is 5. The first kappa shape index (κ1) is 15.3. The van der Waals surface area contributed by atoms with Gasteiger partial charge in [0.2, 0.25) is 0 Å². The molecule has 1 aliphatic carbocycles. The van der Waals surface area contributed by atoms with Gasteiger partial charge in [-0.3, -0.25) is 0 Å². The van der Waals surface area contributed by atoms with E-state index in [2.05, 4.69) is 39.3 Å². The van der Waals surface area contributed by atoms with Crippen molar-refractivity contribution in [3.63, 3.8) is 0 Å². The van der Waals surface area contributed by atoms with Gasteiger partial charge in [0.1, 0.15) is 11.6 Å². The number of aromatic nitrogens is 2. The summed E-state index contributed by atoms with van der Waals surface area (Å²) in [5, 5.41) is 0. The molecule has 1 saturated carbocycles. The normalized spacial score (nSPS) is 16.9. The molecule has 0 saturated heterocycles. The van der Waals surface area contributed by atoms with Gasteiger partial charge >= 0.3 is 0 Å². The smallest absolute Gasteiger partial charge is 0.139 e. The molecular weight excluding hydrogens is 355 g/mol. The maximum absolute atomic E-state index is 13.9. The highest BCUT2D eigenvalue weighted by atomic mass is 79.9. The fraction of sp³-hybridized carbons (Fsp3) is 0.562. The van der Waals surface area contributed by atoms with Crippen molar-refractivity contribution in [1.29, 1.82) is 0 Å². The van der Waals surface area contributed by atoms with Crippen LogP contribution in [0.25, 0.3) is 11.0 Å². The first-order valence-corrected chi connectivity index (χ1v) is 8.70. The quantitative estimate of drug-likeness (QED) is 0.662. The van der Waals surface area contributed by atoms with Gasteiger partial charge in [-0.25, -0.2) is 9.37 Å². The molecular formula is C16H19BrClFN2. The average molecular weight is 374 g/mol. The molecule has 0 unspecified atom stereocenters. The number of halogens is 3. The van der Waals surface area contributed by atoms with E-state index in [1.807, 2.05) is 0 Å². The molecule has 0 spiro atoms. The number of nitrogens with zero attached hydrogens (tertiary/aromatic N) is 2. The van der Waals surface area contributed by atoms with E-state index >= 15 is 0 Å². The molecule has 0 bridgehead atoms. The van der Waals surface area contributed by atoms with Gasteiger partial charge in [0.15, 0.2) is 0 Å². The summed E-state index contributed by atoms with van der Waals surface area (Å²) in [6.07, 6.45) is 3.19. The summed E-state index contributed by atoms with van der Waals surface area (Å²) >= 11 is 9.15. The van der Waals surface area contributed by atoms with Gasteiger partial charge in [0.05, 0.1) is 15.5 Å². The van der Waals surface area contributed by atoms with Gasteiger partial charge in [0.25, 0.3) is 0 Å². The van der Waals surface area contributed by atoms with Crippen molar-refractivity contribution in [3.8, 4) is 0 Å². The Morgan fingerprint density at radius 3 is 2.71 bits per heavy atom. The monoisotopic (exact) mass is 372 g/mol. The van der Waals surface area contributed by atoms with Gasteiger partial charge in [-0.2, -0.15) is 0 Å². The highest BCUT2D eigenvalue weighted by molar-refractivity contribution is 9.10. The Kier molecular flexibility index (Phi) is 4.04. The number of alkyl halides is 1. The summed E-state index contributed by atoms with van der Waals surface area (Å²) in [4.78, 5) is 4.66. The first-order chi connectivity index (χ1) is 9.97. The summed E-state index contributed by atoms with van der Waals surface area (Å²) in [5.41, 5.74) is 2.06. The fourth-order valence-electron chi connectivity index (χ4n) is 3.02. The zero-order chi connectivity index (χ0) is 15.2. The molecule has 114 valence electrons. The van der Waals surface area contributed by atoms with E-state index in [4.69, 9.17) is 11.6 Å². The predicted octanol–water partition coefficient (Wildman–Crippen LogP) is 5.16. The highest BCUT2D eigenvalue weighted by Gasteiger charge is 2.46.